The van der Waals surface area contributed by atoms with Crippen LogP contribution in [0.5, 0.6) is 0 Å². The van der Waals surface area contributed by atoms with Crippen LogP contribution in [0.25, 0.3) is 0 Å². The van der Waals surface area contributed by atoms with Crippen LogP contribution in [0.4, 0.5) is 11.4 Å². The lowest BCUT2D eigenvalue weighted by molar-refractivity contribution is -0.117. The van der Waals surface area contributed by atoms with E-state index in [1.54, 1.807) is 29.3 Å². The number of rotatable bonds is 5. The summed E-state index contributed by atoms with van der Waals surface area (Å²) in [6.45, 7) is 0.559. The highest BCUT2D eigenvalue weighted by Gasteiger charge is 2.38. The number of hydrogen-bond acceptors (Lipinski definition) is 3. The standard InChI is InChI=1S/C18H16Cl2N2O2/c19-14-6-3-7-15(20)17(14)22-16-8-2-1-5-12(16)13(18(22)24)11-21-9-4-10-23/h1-3,5-8,11,13,23H,4,9-10H2/t13-/m1/s1. The van der Waals surface area contributed by atoms with Crippen molar-refractivity contribution in [3.8, 4) is 0 Å². The van der Waals surface area contributed by atoms with E-state index in [1.165, 1.54) is 0 Å². The highest BCUT2D eigenvalue weighted by atomic mass is 35.5. The first kappa shape index (κ1) is 17.0. The molecular weight excluding hydrogens is 347 g/mol. The Bertz CT molecular complexity index is 772. The smallest absolute Gasteiger partial charge is 0.244 e. The Hall–Kier alpha value is -1.88. The molecule has 3 rings (SSSR count). The third kappa shape index (κ3) is 3.05. The van der Waals surface area contributed by atoms with Crippen molar-refractivity contribution in [2.45, 2.75) is 12.3 Å². The molecule has 0 aromatic heterocycles. The summed E-state index contributed by atoms with van der Waals surface area (Å²) < 4.78 is 0. The Labute approximate surface area is 150 Å². The molecule has 0 unspecified atom stereocenters. The number of hydrogen-bond donors (Lipinski definition) is 1. The molecule has 0 aliphatic carbocycles. The van der Waals surface area contributed by atoms with Gasteiger partial charge in [0, 0.05) is 19.4 Å². The van der Waals surface area contributed by atoms with Crippen molar-refractivity contribution in [3.63, 3.8) is 0 Å². The second-order valence-corrected chi connectivity index (χ2v) is 6.23. The van der Waals surface area contributed by atoms with E-state index in [1.807, 2.05) is 24.3 Å². The van der Waals surface area contributed by atoms with Gasteiger partial charge in [-0.15, -0.1) is 0 Å². The van der Waals surface area contributed by atoms with Gasteiger partial charge in [0.25, 0.3) is 0 Å². The van der Waals surface area contributed by atoms with Crippen molar-refractivity contribution in [1.29, 1.82) is 0 Å². The predicted octanol–water partition coefficient (Wildman–Crippen LogP) is 4.21. The number of carbonyl (C=O) groups excluding carboxylic acids is 1. The third-order valence-electron chi connectivity index (χ3n) is 3.86. The molecule has 24 heavy (non-hydrogen) atoms. The minimum atomic E-state index is -0.479. The average Bonchev–Trinajstić information content (AvgIpc) is 2.84. The number of aliphatic imine (C=N–C) groups is 1. The summed E-state index contributed by atoms with van der Waals surface area (Å²) in [5, 5.41) is 9.68. The molecule has 1 aliphatic heterocycles. The maximum atomic E-state index is 13.0. The summed E-state index contributed by atoms with van der Waals surface area (Å²) in [4.78, 5) is 18.8. The van der Waals surface area contributed by atoms with Crippen molar-refractivity contribution < 1.29 is 9.90 Å². The molecule has 4 nitrogen and oxygen atoms in total. The normalized spacial score (nSPS) is 16.9. The lowest BCUT2D eigenvalue weighted by atomic mass is 10.0. The molecule has 0 bridgehead atoms. The molecule has 6 heteroatoms. The molecule has 0 saturated heterocycles. The van der Waals surface area contributed by atoms with Crippen LogP contribution in [-0.2, 0) is 4.79 Å². The van der Waals surface area contributed by atoms with Crippen LogP contribution >= 0.6 is 23.2 Å². The number of para-hydroxylation sites is 2. The average molecular weight is 363 g/mol. The van der Waals surface area contributed by atoms with Gasteiger partial charge in [-0.2, -0.15) is 0 Å². The third-order valence-corrected chi connectivity index (χ3v) is 4.47. The summed E-state index contributed by atoms with van der Waals surface area (Å²) in [5.41, 5.74) is 2.12. The number of amides is 1. The van der Waals surface area contributed by atoms with Crippen molar-refractivity contribution in [2.24, 2.45) is 4.99 Å². The molecule has 1 aliphatic rings. The maximum Gasteiger partial charge on any atom is 0.244 e. The number of halogens is 2. The zero-order valence-electron chi connectivity index (χ0n) is 12.8. The van der Waals surface area contributed by atoms with E-state index in [4.69, 9.17) is 28.3 Å². The summed E-state index contributed by atoms with van der Waals surface area (Å²) in [6, 6.07) is 12.7. The number of carbonyl (C=O) groups is 1. The number of nitrogens with zero attached hydrogens (tertiary/aromatic N) is 2. The van der Waals surface area contributed by atoms with Gasteiger partial charge in [0.05, 0.1) is 21.4 Å². The van der Waals surface area contributed by atoms with Gasteiger partial charge in [-0.25, -0.2) is 0 Å². The lowest BCUT2D eigenvalue weighted by Crippen LogP contribution is -2.25. The van der Waals surface area contributed by atoms with E-state index < -0.39 is 5.92 Å². The summed E-state index contributed by atoms with van der Waals surface area (Å²) in [5.74, 6) is -0.619. The first-order chi connectivity index (χ1) is 11.6. The Kier molecular flexibility index (Phi) is 5.19. The van der Waals surface area contributed by atoms with Gasteiger partial charge in [0.15, 0.2) is 0 Å². The van der Waals surface area contributed by atoms with E-state index in [9.17, 15) is 4.79 Å². The molecule has 0 radical (unpaired) electrons. The van der Waals surface area contributed by atoms with E-state index in [-0.39, 0.29) is 12.5 Å². The van der Waals surface area contributed by atoms with Gasteiger partial charge in [-0.1, -0.05) is 47.5 Å². The van der Waals surface area contributed by atoms with Crippen LogP contribution in [0.3, 0.4) is 0 Å². The first-order valence-electron chi connectivity index (χ1n) is 7.63. The Morgan fingerprint density at radius 3 is 2.54 bits per heavy atom. The fourth-order valence-electron chi connectivity index (χ4n) is 2.76. The number of benzene rings is 2. The molecule has 0 saturated carbocycles. The second-order valence-electron chi connectivity index (χ2n) is 5.41. The van der Waals surface area contributed by atoms with Crippen molar-refractivity contribution in [1.82, 2.24) is 0 Å². The topological polar surface area (TPSA) is 52.9 Å². The molecule has 1 amide bonds. The fourth-order valence-corrected chi connectivity index (χ4v) is 3.33. The first-order valence-corrected chi connectivity index (χ1v) is 8.38. The van der Waals surface area contributed by atoms with Crippen LogP contribution in [0.2, 0.25) is 10.0 Å². The van der Waals surface area contributed by atoms with Crippen LogP contribution < -0.4 is 4.90 Å². The van der Waals surface area contributed by atoms with Gasteiger partial charge in [-0.3, -0.25) is 14.7 Å². The molecule has 2 aromatic carbocycles. The predicted molar refractivity (Wildman–Crippen MR) is 97.9 cm³/mol. The second kappa shape index (κ2) is 7.34. The molecule has 0 fully saturated rings. The van der Waals surface area contributed by atoms with Gasteiger partial charge >= 0.3 is 0 Å². The van der Waals surface area contributed by atoms with Crippen LogP contribution in [0, 0.1) is 0 Å². The molecule has 124 valence electrons. The Morgan fingerprint density at radius 1 is 1.12 bits per heavy atom. The van der Waals surface area contributed by atoms with E-state index >= 15 is 0 Å². The quantitative estimate of drug-likeness (QED) is 0.639. The van der Waals surface area contributed by atoms with E-state index in [2.05, 4.69) is 4.99 Å². The van der Waals surface area contributed by atoms with E-state index in [0.717, 1.165) is 11.3 Å². The SMILES string of the molecule is O=C1[C@H](C=NCCCO)c2ccccc2N1c1c(Cl)cccc1Cl. The minimum Gasteiger partial charge on any atom is -0.396 e. The monoisotopic (exact) mass is 362 g/mol. The number of anilines is 2. The molecular formula is C18H16Cl2N2O2. The van der Waals surface area contributed by atoms with Crippen LogP contribution in [-0.4, -0.2) is 30.4 Å². The van der Waals surface area contributed by atoms with Crippen molar-refractivity contribution >= 4 is 46.7 Å². The zero-order chi connectivity index (χ0) is 17.1. The summed E-state index contributed by atoms with van der Waals surface area (Å²) >= 11 is 12.6. The maximum absolute atomic E-state index is 13.0. The van der Waals surface area contributed by atoms with Crippen molar-refractivity contribution in [3.05, 3.63) is 58.1 Å². The van der Waals surface area contributed by atoms with Crippen LogP contribution in [0.15, 0.2) is 47.5 Å². The van der Waals surface area contributed by atoms with Crippen LogP contribution in [0.1, 0.15) is 17.9 Å². The van der Waals surface area contributed by atoms with Gasteiger partial charge in [0.1, 0.15) is 5.92 Å². The Balaban J connectivity index is 2.03. The molecule has 2 aromatic rings. The minimum absolute atomic E-state index is 0.0773. The lowest BCUT2D eigenvalue weighted by Gasteiger charge is -2.20. The largest absolute Gasteiger partial charge is 0.396 e. The summed E-state index contributed by atoms with van der Waals surface area (Å²) in [7, 11) is 0. The van der Waals surface area contributed by atoms with Gasteiger partial charge in [-0.05, 0) is 30.2 Å². The highest BCUT2D eigenvalue weighted by Crippen LogP contribution is 2.46. The number of aliphatic hydroxyl groups excluding tert-OH is 1. The number of fused-ring (bicyclic) bond motifs is 1. The fraction of sp³-hybridized carbons (Fsp3) is 0.222. The van der Waals surface area contributed by atoms with Crippen molar-refractivity contribution in [2.75, 3.05) is 18.1 Å². The van der Waals surface area contributed by atoms with Gasteiger partial charge < -0.3 is 5.11 Å². The van der Waals surface area contributed by atoms with Gasteiger partial charge in [0.2, 0.25) is 5.91 Å². The molecule has 1 N–H and O–H groups in total. The highest BCUT2D eigenvalue weighted by molar-refractivity contribution is 6.41. The van der Waals surface area contributed by atoms with E-state index in [0.29, 0.717) is 28.7 Å². The summed E-state index contributed by atoms with van der Waals surface area (Å²) in [6.07, 6.45) is 2.21. The molecule has 1 atom stereocenters. The Morgan fingerprint density at radius 2 is 1.83 bits per heavy atom. The molecule has 1 heterocycles. The molecule has 0 spiro atoms. The number of aliphatic hydroxyl groups is 1. The zero-order valence-corrected chi connectivity index (χ0v) is 14.3.